The Labute approximate surface area is 154 Å². The molecule has 25 heavy (non-hydrogen) atoms. The third-order valence-electron chi connectivity index (χ3n) is 4.79. The molecule has 1 aromatic carbocycles. The summed E-state index contributed by atoms with van der Waals surface area (Å²) in [6.45, 7) is 7.59. The number of thioether (sulfide) groups is 1. The van der Waals surface area contributed by atoms with Crippen molar-refractivity contribution in [1.82, 2.24) is 9.80 Å². The topological polar surface area (TPSA) is 44.8 Å². The maximum atomic E-state index is 12.6. The Balaban J connectivity index is 1.52. The van der Waals surface area contributed by atoms with Gasteiger partial charge in [-0.15, -0.1) is 0 Å². The summed E-state index contributed by atoms with van der Waals surface area (Å²) >= 11 is 2.06. The van der Waals surface area contributed by atoms with Crippen LogP contribution in [0.1, 0.15) is 12.8 Å². The molecular weight excluding hydrogens is 334 g/mol. The summed E-state index contributed by atoms with van der Waals surface area (Å²) in [7, 11) is 0. The van der Waals surface area contributed by atoms with Crippen molar-refractivity contribution < 1.29 is 9.53 Å². The van der Waals surface area contributed by atoms with Crippen molar-refractivity contribution in [3.63, 3.8) is 0 Å². The first-order chi connectivity index (χ1) is 12.3. The zero-order valence-electron chi connectivity index (χ0n) is 14.7. The summed E-state index contributed by atoms with van der Waals surface area (Å²) in [5.41, 5.74) is 0.709. The minimum absolute atomic E-state index is 0.0477. The molecule has 2 fully saturated rings. The van der Waals surface area contributed by atoms with Crippen LogP contribution in [0.15, 0.2) is 36.9 Å². The first-order valence-corrected chi connectivity index (χ1v) is 10.1. The van der Waals surface area contributed by atoms with Gasteiger partial charge in [0.1, 0.15) is 12.4 Å². The van der Waals surface area contributed by atoms with E-state index >= 15 is 0 Å². The van der Waals surface area contributed by atoms with E-state index in [1.807, 2.05) is 29.2 Å². The van der Waals surface area contributed by atoms with E-state index in [1.165, 1.54) is 24.3 Å². The van der Waals surface area contributed by atoms with Crippen LogP contribution >= 0.6 is 11.8 Å². The molecule has 0 saturated carbocycles. The molecule has 136 valence electrons. The van der Waals surface area contributed by atoms with Gasteiger partial charge < -0.3 is 15.0 Å². The highest BCUT2D eigenvalue weighted by atomic mass is 32.2. The van der Waals surface area contributed by atoms with Crippen molar-refractivity contribution in [1.29, 1.82) is 0 Å². The lowest BCUT2D eigenvalue weighted by Gasteiger charge is -2.40. The third kappa shape index (κ3) is 4.92. The molecule has 2 amide bonds. The van der Waals surface area contributed by atoms with E-state index in [1.54, 1.807) is 6.08 Å². The molecule has 6 heteroatoms. The van der Waals surface area contributed by atoms with Crippen LogP contribution in [0.2, 0.25) is 0 Å². The van der Waals surface area contributed by atoms with Gasteiger partial charge in [-0.3, -0.25) is 4.90 Å². The molecular formula is C19H27N3O2S. The summed E-state index contributed by atoms with van der Waals surface area (Å²) < 4.78 is 5.61. The van der Waals surface area contributed by atoms with Crippen LogP contribution in [0.3, 0.4) is 0 Å². The van der Waals surface area contributed by atoms with Crippen molar-refractivity contribution in [3.05, 3.63) is 36.9 Å². The zero-order valence-corrected chi connectivity index (χ0v) is 15.5. The highest BCUT2D eigenvalue weighted by Crippen LogP contribution is 2.25. The van der Waals surface area contributed by atoms with E-state index in [9.17, 15) is 4.79 Å². The molecule has 5 nitrogen and oxygen atoms in total. The second-order valence-corrected chi connectivity index (χ2v) is 7.62. The fourth-order valence-corrected chi connectivity index (χ4v) is 4.46. The molecule has 2 saturated heterocycles. The molecule has 1 N–H and O–H groups in total. The van der Waals surface area contributed by atoms with Gasteiger partial charge in [0, 0.05) is 32.2 Å². The standard InChI is InChI=1S/C19H27N3O2S/c1-2-13-24-18-6-4-3-5-17(18)20-19(23)22-11-9-21(10-12-22)16-7-14-25-15-8-16/h2-6,16H,1,7-15H2,(H,20,23). The second-order valence-electron chi connectivity index (χ2n) is 6.39. The number of piperazine rings is 1. The lowest BCUT2D eigenvalue weighted by Crippen LogP contribution is -2.53. The Bertz CT molecular complexity index is 582. The molecule has 0 aromatic heterocycles. The van der Waals surface area contributed by atoms with Gasteiger partial charge >= 0.3 is 6.03 Å². The summed E-state index contributed by atoms with van der Waals surface area (Å²) in [6.07, 6.45) is 4.26. The number of urea groups is 1. The predicted octanol–water partition coefficient (Wildman–Crippen LogP) is 3.30. The van der Waals surface area contributed by atoms with Crippen LogP contribution < -0.4 is 10.1 Å². The fourth-order valence-electron chi connectivity index (χ4n) is 3.38. The predicted molar refractivity (Wildman–Crippen MR) is 105 cm³/mol. The van der Waals surface area contributed by atoms with Gasteiger partial charge in [-0.25, -0.2) is 4.79 Å². The number of ether oxygens (including phenoxy) is 1. The number of amides is 2. The molecule has 0 aliphatic carbocycles. The van der Waals surface area contributed by atoms with Crippen LogP contribution in [-0.4, -0.2) is 66.2 Å². The Morgan fingerprint density at radius 3 is 2.68 bits per heavy atom. The summed E-state index contributed by atoms with van der Waals surface area (Å²) in [4.78, 5) is 17.1. The van der Waals surface area contributed by atoms with Gasteiger partial charge in [0.2, 0.25) is 0 Å². The molecule has 2 heterocycles. The van der Waals surface area contributed by atoms with Gasteiger partial charge in [0.25, 0.3) is 0 Å². The van der Waals surface area contributed by atoms with Crippen LogP contribution in [0, 0.1) is 0 Å². The van der Waals surface area contributed by atoms with Gasteiger partial charge in [0.15, 0.2) is 0 Å². The van der Waals surface area contributed by atoms with Gasteiger partial charge in [-0.1, -0.05) is 24.8 Å². The Morgan fingerprint density at radius 2 is 1.96 bits per heavy atom. The maximum Gasteiger partial charge on any atom is 0.322 e. The number of anilines is 1. The Hall–Kier alpha value is -1.66. The number of nitrogens with zero attached hydrogens (tertiary/aromatic N) is 2. The van der Waals surface area contributed by atoms with Crippen molar-refractivity contribution in [2.45, 2.75) is 18.9 Å². The van der Waals surface area contributed by atoms with Crippen LogP contribution in [0.4, 0.5) is 10.5 Å². The van der Waals surface area contributed by atoms with Crippen molar-refractivity contribution >= 4 is 23.5 Å². The first kappa shape index (κ1) is 18.1. The number of nitrogens with one attached hydrogen (secondary N) is 1. The van der Waals surface area contributed by atoms with Crippen molar-refractivity contribution in [2.24, 2.45) is 0 Å². The lowest BCUT2D eigenvalue weighted by atomic mass is 10.1. The average Bonchev–Trinajstić information content (AvgIpc) is 2.68. The fraction of sp³-hybridized carbons (Fsp3) is 0.526. The van der Waals surface area contributed by atoms with Crippen molar-refractivity contribution in [2.75, 3.05) is 49.6 Å². The number of hydrogen-bond donors (Lipinski definition) is 1. The smallest absolute Gasteiger partial charge is 0.322 e. The Morgan fingerprint density at radius 1 is 1.24 bits per heavy atom. The van der Waals surface area contributed by atoms with E-state index < -0.39 is 0 Å². The molecule has 0 bridgehead atoms. The van der Waals surface area contributed by atoms with E-state index in [0.29, 0.717) is 24.1 Å². The first-order valence-electron chi connectivity index (χ1n) is 8.98. The number of rotatable bonds is 5. The monoisotopic (exact) mass is 361 g/mol. The van der Waals surface area contributed by atoms with E-state index in [0.717, 1.165) is 26.2 Å². The van der Waals surface area contributed by atoms with E-state index in [-0.39, 0.29) is 6.03 Å². The minimum atomic E-state index is -0.0477. The van der Waals surface area contributed by atoms with Crippen LogP contribution in [-0.2, 0) is 0 Å². The van der Waals surface area contributed by atoms with Gasteiger partial charge in [0.05, 0.1) is 5.69 Å². The molecule has 0 spiro atoms. The highest BCUT2D eigenvalue weighted by molar-refractivity contribution is 7.99. The molecule has 2 aliphatic rings. The highest BCUT2D eigenvalue weighted by Gasteiger charge is 2.27. The second kappa shape index (κ2) is 9.15. The normalized spacial score (nSPS) is 19.4. The van der Waals surface area contributed by atoms with Crippen LogP contribution in [0.25, 0.3) is 0 Å². The van der Waals surface area contributed by atoms with Crippen LogP contribution in [0.5, 0.6) is 5.75 Å². The average molecular weight is 362 g/mol. The number of para-hydroxylation sites is 2. The summed E-state index contributed by atoms with van der Waals surface area (Å²) in [5.74, 6) is 3.22. The van der Waals surface area contributed by atoms with Crippen molar-refractivity contribution in [3.8, 4) is 5.75 Å². The molecule has 1 aromatic rings. The molecule has 2 aliphatic heterocycles. The number of carbonyl (C=O) groups excluding carboxylic acids is 1. The van der Waals surface area contributed by atoms with E-state index in [2.05, 4.69) is 28.6 Å². The largest absolute Gasteiger partial charge is 0.487 e. The lowest BCUT2D eigenvalue weighted by molar-refractivity contribution is 0.108. The summed E-state index contributed by atoms with van der Waals surface area (Å²) in [6, 6.07) is 8.18. The molecule has 3 rings (SSSR count). The number of hydrogen-bond acceptors (Lipinski definition) is 4. The molecule has 0 atom stereocenters. The number of benzene rings is 1. The SMILES string of the molecule is C=CCOc1ccccc1NC(=O)N1CCN(C2CCSCC2)CC1. The quantitative estimate of drug-likeness (QED) is 0.818. The van der Waals surface area contributed by atoms with Gasteiger partial charge in [-0.2, -0.15) is 11.8 Å². The van der Waals surface area contributed by atoms with E-state index in [4.69, 9.17) is 4.74 Å². The summed E-state index contributed by atoms with van der Waals surface area (Å²) in [5, 5.41) is 2.99. The van der Waals surface area contributed by atoms with Gasteiger partial charge in [-0.05, 0) is 36.5 Å². The molecule has 0 radical (unpaired) electrons. The Kier molecular flexibility index (Phi) is 6.64. The maximum absolute atomic E-state index is 12.6. The third-order valence-corrected chi connectivity index (χ3v) is 5.84. The zero-order chi connectivity index (χ0) is 17.5. The minimum Gasteiger partial charge on any atom is -0.487 e. The number of carbonyl (C=O) groups is 1. The molecule has 0 unspecified atom stereocenters.